The second-order valence-corrected chi connectivity index (χ2v) is 9.09. The van der Waals surface area contributed by atoms with Crippen molar-refractivity contribution in [1.82, 2.24) is 20.4 Å². The fraction of sp³-hybridized carbons (Fsp3) is 0.560. The number of carbonyl (C=O) groups excluding carboxylic acids is 2. The van der Waals surface area contributed by atoms with E-state index in [2.05, 4.69) is 64.0 Å². The van der Waals surface area contributed by atoms with E-state index in [-0.39, 0.29) is 35.5 Å². The van der Waals surface area contributed by atoms with Crippen LogP contribution in [0.2, 0.25) is 0 Å². The monoisotopic (exact) mass is 437 g/mol. The molecule has 1 aromatic carbocycles. The first-order valence-electron chi connectivity index (χ1n) is 11.9. The lowest BCUT2D eigenvalue weighted by Crippen LogP contribution is -2.41. The van der Waals surface area contributed by atoms with Gasteiger partial charge >= 0.3 is 0 Å². The van der Waals surface area contributed by atoms with Crippen molar-refractivity contribution >= 4 is 17.8 Å². The third-order valence-electron chi connectivity index (χ3n) is 6.80. The summed E-state index contributed by atoms with van der Waals surface area (Å²) in [6.45, 7) is 6.47. The van der Waals surface area contributed by atoms with Crippen LogP contribution in [0.4, 0.5) is 0 Å². The number of likely N-dealkylation sites (N-methyl/N-ethyl adjacent to an activating group) is 1. The molecule has 7 heteroatoms. The van der Waals surface area contributed by atoms with Crippen LogP contribution in [-0.2, 0) is 16.1 Å². The molecule has 2 fully saturated rings. The van der Waals surface area contributed by atoms with Gasteiger partial charge in [0.15, 0.2) is 5.96 Å². The Morgan fingerprint density at radius 1 is 1.09 bits per heavy atom. The zero-order valence-corrected chi connectivity index (χ0v) is 19.2. The standard InChI is InChI=1S/C25H35N5O2/c1-3-26-25(28-13-15-29(2)17-18-8-5-4-6-9-18)27-12-7-14-30-23(31)21-19-10-11-20(16-19)22(21)24(30)32/h4-6,8-11,19-22H,3,7,12-17H2,1-2H3,(H2,26,27,28). The van der Waals surface area contributed by atoms with Crippen molar-refractivity contribution in [1.29, 1.82) is 0 Å². The number of amides is 2. The molecule has 172 valence electrons. The van der Waals surface area contributed by atoms with E-state index in [9.17, 15) is 9.59 Å². The summed E-state index contributed by atoms with van der Waals surface area (Å²) in [4.78, 5) is 33.9. The van der Waals surface area contributed by atoms with E-state index in [1.54, 1.807) is 0 Å². The number of carbonyl (C=O) groups is 2. The first-order valence-corrected chi connectivity index (χ1v) is 11.9. The van der Waals surface area contributed by atoms with Gasteiger partial charge in [0.05, 0.1) is 11.8 Å². The Bertz CT molecular complexity index is 838. The molecular weight excluding hydrogens is 402 g/mol. The lowest BCUT2D eigenvalue weighted by molar-refractivity contribution is -0.140. The molecule has 2 aliphatic carbocycles. The van der Waals surface area contributed by atoms with Crippen molar-refractivity contribution in [2.75, 3.05) is 39.8 Å². The van der Waals surface area contributed by atoms with Crippen LogP contribution in [0.3, 0.4) is 0 Å². The summed E-state index contributed by atoms with van der Waals surface area (Å²) in [7, 11) is 2.11. The van der Waals surface area contributed by atoms with Crippen molar-refractivity contribution in [3.8, 4) is 0 Å². The van der Waals surface area contributed by atoms with Crippen LogP contribution in [0.15, 0.2) is 47.5 Å². The van der Waals surface area contributed by atoms with Gasteiger partial charge in [0.1, 0.15) is 0 Å². The van der Waals surface area contributed by atoms with Crippen molar-refractivity contribution in [3.63, 3.8) is 0 Å². The highest BCUT2D eigenvalue weighted by Crippen LogP contribution is 2.52. The van der Waals surface area contributed by atoms with E-state index in [4.69, 9.17) is 0 Å². The molecule has 1 heterocycles. The van der Waals surface area contributed by atoms with Gasteiger partial charge in [-0.1, -0.05) is 42.5 Å². The molecule has 4 atom stereocenters. The van der Waals surface area contributed by atoms with E-state index in [1.807, 2.05) is 13.0 Å². The summed E-state index contributed by atoms with van der Waals surface area (Å²) in [5.74, 6) is 1.18. The number of guanidine groups is 1. The normalized spacial score (nSPS) is 26.3. The van der Waals surface area contributed by atoms with Gasteiger partial charge in [0.2, 0.25) is 11.8 Å². The maximum Gasteiger partial charge on any atom is 0.233 e. The third-order valence-corrected chi connectivity index (χ3v) is 6.80. The van der Waals surface area contributed by atoms with E-state index in [0.717, 1.165) is 38.6 Å². The number of aliphatic imine (C=N–C) groups is 1. The molecule has 1 aromatic rings. The van der Waals surface area contributed by atoms with E-state index < -0.39 is 0 Å². The Hall–Kier alpha value is -2.67. The Balaban J connectivity index is 1.19. The molecule has 4 rings (SSSR count). The fourth-order valence-electron chi connectivity index (χ4n) is 5.29. The van der Waals surface area contributed by atoms with Gasteiger partial charge in [-0.3, -0.25) is 19.5 Å². The zero-order chi connectivity index (χ0) is 22.5. The quantitative estimate of drug-likeness (QED) is 0.192. The number of rotatable bonds is 10. The molecule has 3 aliphatic rings. The molecule has 0 aromatic heterocycles. The average Bonchev–Trinajstić information content (AvgIpc) is 3.46. The number of nitrogens with zero attached hydrogens (tertiary/aromatic N) is 3. The van der Waals surface area contributed by atoms with Crippen LogP contribution >= 0.6 is 0 Å². The minimum absolute atomic E-state index is 0.0346. The highest BCUT2D eigenvalue weighted by Gasteiger charge is 2.58. The molecule has 32 heavy (non-hydrogen) atoms. The van der Waals surface area contributed by atoms with Gasteiger partial charge < -0.3 is 15.5 Å². The van der Waals surface area contributed by atoms with Crippen molar-refractivity contribution in [3.05, 3.63) is 48.0 Å². The Kier molecular flexibility index (Phi) is 7.25. The van der Waals surface area contributed by atoms with Crippen molar-refractivity contribution < 1.29 is 9.59 Å². The molecule has 2 bridgehead atoms. The van der Waals surface area contributed by atoms with Crippen molar-refractivity contribution in [2.24, 2.45) is 28.7 Å². The third kappa shape index (κ3) is 4.88. The molecule has 2 N–H and O–H groups in total. The summed E-state index contributed by atoms with van der Waals surface area (Å²) in [5.41, 5.74) is 1.30. The van der Waals surface area contributed by atoms with Gasteiger partial charge in [-0.2, -0.15) is 0 Å². The van der Waals surface area contributed by atoms with Gasteiger partial charge in [-0.15, -0.1) is 0 Å². The number of nitrogens with one attached hydrogen (secondary N) is 2. The number of benzene rings is 1. The van der Waals surface area contributed by atoms with Crippen LogP contribution in [0.1, 0.15) is 25.3 Å². The van der Waals surface area contributed by atoms with E-state index >= 15 is 0 Å². The number of hydrogen-bond acceptors (Lipinski definition) is 4. The molecule has 1 saturated heterocycles. The van der Waals surface area contributed by atoms with Gasteiger partial charge in [0, 0.05) is 39.3 Å². The van der Waals surface area contributed by atoms with E-state index in [0.29, 0.717) is 19.5 Å². The predicted molar refractivity (Wildman–Crippen MR) is 126 cm³/mol. The molecule has 0 spiro atoms. The fourth-order valence-corrected chi connectivity index (χ4v) is 5.29. The van der Waals surface area contributed by atoms with Crippen LogP contribution in [-0.4, -0.2) is 67.3 Å². The molecule has 0 radical (unpaired) electrons. The number of fused-ring (bicyclic) bond motifs is 5. The summed E-state index contributed by atoms with van der Waals surface area (Å²) >= 11 is 0. The first kappa shape index (κ1) is 22.5. The molecule has 4 unspecified atom stereocenters. The zero-order valence-electron chi connectivity index (χ0n) is 19.2. The first-order chi connectivity index (χ1) is 15.6. The second kappa shape index (κ2) is 10.3. The Morgan fingerprint density at radius 2 is 1.78 bits per heavy atom. The SMILES string of the molecule is CCNC(=NCCCN1C(=O)C2C3C=CC(C3)C2C1=O)NCCN(C)Cc1ccccc1. The lowest BCUT2D eigenvalue weighted by atomic mass is 9.85. The van der Waals surface area contributed by atoms with Gasteiger partial charge in [0.25, 0.3) is 0 Å². The number of imide groups is 1. The topological polar surface area (TPSA) is 77.0 Å². The van der Waals surface area contributed by atoms with E-state index in [1.165, 1.54) is 10.5 Å². The summed E-state index contributed by atoms with van der Waals surface area (Å²) < 4.78 is 0. The average molecular weight is 438 g/mol. The predicted octanol–water partition coefficient (Wildman–Crippen LogP) is 1.87. The van der Waals surface area contributed by atoms with Crippen LogP contribution < -0.4 is 10.6 Å². The molecule has 1 aliphatic heterocycles. The Morgan fingerprint density at radius 3 is 2.44 bits per heavy atom. The molecule has 2 amide bonds. The van der Waals surface area contributed by atoms with Crippen LogP contribution in [0, 0.1) is 23.7 Å². The lowest BCUT2D eigenvalue weighted by Gasteiger charge is -2.19. The Labute approximate surface area is 190 Å². The number of likely N-dealkylation sites (tertiary alicyclic amines) is 1. The minimum Gasteiger partial charge on any atom is -0.357 e. The minimum atomic E-state index is -0.104. The van der Waals surface area contributed by atoms with Crippen LogP contribution in [0.25, 0.3) is 0 Å². The maximum atomic E-state index is 12.8. The highest BCUT2D eigenvalue weighted by molar-refractivity contribution is 6.06. The molecular formula is C25H35N5O2. The van der Waals surface area contributed by atoms with Gasteiger partial charge in [-0.05, 0) is 44.2 Å². The number of allylic oxidation sites excluding steroid dienone is 2. The summed E-state index contributed by atoms with van der Waals surface area (Å²) in [6.07, 6.45) is 5.93. The second-order valence-electron chi connectivity index (χ2n) is 9.09. The largest absolute Gasteiger partial charge is 0.357 e. The van der Waals surface area contributed by atoms with Crippen molar-refractivity contribution in [2.45, 2.75) is 26.3 Å². The summed E-state index contributed by atoms with van der Waals surface area (Å²) in [6, 6.07) is 10.4. The molecule has 1 saturated carbocycles. The van der Waals surface area contributed by atoms with Gasteiger partial charge in [-0.25, -0.2) is 0 Å². The smallest absolute Gasteiger partial charge is 0.233 e. The molecule has 7 nitrogen and oxygen atoms in total. The summed E-state index contributed by atoms with van der Waals surface area (Å²) in [5, 5.41) is 6.65. The highest BCUT2D eigenvalue weighted by atomic mass is 16.2. The van der Waals surface area contributed by atoms with Crippen LogP contribution in [0.5, 0.6) is 0 Å². The maximum absolute atomic E-state index is 12.8. The number of hydrogen-bond donors (Lipinski definition) is 2.